The van der Waals surface area contributed by atoms with E-state index in [1.807, 2.05) is 6.92 Å². The standard InChI is InChI=1S/C21H39N3O2S.HI/c1-4-22-20(23-16-10-9-11-17(14-16)27(25)6-3)24-18-15-19(26-5-2)21(18)12-7-8-13-21;/h16-19H,4-15H2,1-3H3,(H2,22,23,24);1H. The summed E-state index contributed by atoms with van der Waals surface area (Å²) in [5.74, 6) is 1.73. The fourth-order valence-corrected chi connectivity index (χ4v) is 6.84. The van der Waals surface area contributed by atoms with E-state index in [1.54, 1.807) is 0 Å². The van der Waals surface area contributed by atoms with Gasteiger partial charge in [0.2, 0.25) is 0 Å². The van der Waals surface area contributed by atoms with Crippen LogP contribution < -0.4 is 10.6 Å². The lowest BCUT2D eigenvalue weighted by atomic mass is 9.60. The molecule has 0 radical (unpaired) electrons. The fourth-order valence-electron chi connectivity index (χ4n) is 5.49. The van der Waals surface area contributed by atoms with Gasteiger partial charge in [0.05, 0.1) is 6.10 Å². The van der Waals surface area contributed by atoms with Crippen molar-refractivity contribution in [3.63, 3.8) is 0 Å². The molecule has 3 aliphatic carbocycles. The number of aliphatic imine (C=N–C) groups is 1. The van der Waals surface area contributed by atoms with Crippen molar-refractivity contribution in [2.24, 2.45) is 10.4 Å². The Kier molecular flexibility index (Phi) is 10.0. The molecule has 0 aromatic rings. The van der Waals surface area contributed by atoms with Gasteiger partial charge in [-0.15, -0.1) is 24.0 Å². The molecule has 3 aliphatic rings. The molecule has 7 heteroatoms. The molecule has 0 aromatic heterocycles. The Morgan fingerprint density at radius 1 is 1.11 bits per heavy atom. The number of hydrogen-bond acceptors (Lipinski definition) is 3. The van der Waals surface area contributed by atoms with Gasteiger partial charge in [0.15, 0.2) is 5.96 Å². The number of nitrogens with one attached hydrogen (secondary N) is 2. The smallest absolute Gasteiger partial charge is 0.191 e. The van der Waals surface area contributed by atoms with Crippen LogP contribution in [0.25, 0.3) is 0 Å². The van der Waals surface area contributed by atoms with E-state index in [-0.39, 0.29) is 24.0 Å². The molecule has 3 fully saturated rings. The molecule has 0 amide bonds. The lowest BCUT2D eigenvalue weighted by molar-refractivity contribution is -0.125. The van der Waals surface area contributed by atoms with E-state index in [9.17, 15) is 4.21 Å². The zero-order valence-electron chi connectivity index (χ0n) is 17.9. The van der Waals surface area contributed by atoms with Gasteiger partial charge >= 0.3 is 0 Å². The van der Waals surface area contributed by atoms with E-state index in [2.05, 4.69) is 24.5 Å². The van der Waals surface area contributed by atoms with E-state index >= 15 is 0 Å². The van der Waals surface area contributed by atoms with Crippen molar-refractivity contribution < 1.29 is 8.95 Å². The Morgan fingerprint density at radius 3 is 2.50 bits per heavy atom. The second-order valence-corrected chi connectivity index (χ2v) is 10.4. The van der Waals surface area contributed by atoms with Crippen LogP contribution in [0.15, 0.2) is 4.99 Å². The molecule has 1 spiro atoms. The first-order valence-corrected chi connectivity index (χ1v) is 12.6. The number of ether oxygens (including phenoxy) is 1. The zero-order chi connectivity index (χ0) is 19.3. The highest BCUT2D eigenvalue weighted by molar-refractivity contribution is 14.0. The summed E-state index contributed by atoms with van der Waals surface area (Å²) in [5.41, 5.74) is 0.311. The summed E-state index contributed by atoms with van der Waals surface area (Å²) < 4.78 is 18.3. The Labute approximate surface area is 191 Å². The number of nitrogens with zero attached hydrogens (tertiary/aromatic N) is 1. The van der Waals surface area contributed by atoms with Crippen molar-refractivity contribution in [1.82, 2.24) is 10.6 Å². The minimum atomic E-state index is -0.685. The summed E-state index contributed by atoms with van der Waals surface area (Å²) in [6.45, 7) is 7.82. The first kappa shape index (κ1) is 24.4. The monoisotopic (exact) mass is 525 g/mol. The molecule has 5 atom stereocenters. The van der Waals surface area contributed by atoms with Gasteiger partial charge in [0.1, 0.15) is 0 Å². The summed E-state index contributed by atoms with van der Waals surface area (Å²) in [6, 6.07) is 0.859. The molecular weight excluding hydrogens is 485 g/mol. The lowest BCUT2D eigenvalue weighted by Gasteiger charge is -2.54. The van der Waals surface area contributed by atoms with Gasteiger partial charge < -0.3 is 15.4 Å². The van der Waals surface area contributed by atoms with Gasteiger partial charge in [-0.3, -0.25) is 9.20 Å². The molecule has 2 N–H and O–H groups in total. The van der Waals surface area contributed by atoms with Gasteiger partial charge in [-0.05, 0) is 52.4 Å². The van der Waals surface area contributed by atoms with E-state index in [0.717, 1.165) is 57.0 Å². The van der Waals surface area contributed by atoms with Crippen LogP contribution in [0.1, 0.15) is 78.6 Å². The fraction of sp³-hybridized carbons (Fsp3) is 0.952. The number of hydrogen-bond donors (Lipinski definition) is 2. The van der Waals surface area contributed by atoms with Gasteiger partial charge in [-0.2, -0.15) is 0 Å². The van der Waals surface area contributed by atoms with Crippen molar-refractivity contribution >= 4 is 40.7 Å². The third-order valence-corrected chi connectivity index (χ3v) is 8.68. The van der Waals surface area contributed by atoms with Crippen molar-refractivity contribution in [2.45, 2.75) is 102 Å². The van der Waals surface area contributed by atoms with Crippen LogP contribution in [0.5, 0.6) is 0 Å². The third kappa shape index (κ3) is 5.42. The van der Waals surface area contributed by atoms with Gasteiger partial charge in [-0.1, -0.05) is 26.2 Å². The molecule has 0 saturated heterocycles. The third-order valence-electron chi connectivity index (χ3n) is 6.94. The quantitative estimate of drug-likeness (QED) is 0.300. The largest absolute Gasteiger partial charge is 0.378 e. The van der Waals surface area contributed by atoms with Gasteiger partial charge in [-0.25, -0.2) is 0 Å². The summed E-state index contributed by atoms with van der Waals surface area (Å²) >= 11 is 0. The lowest BCUT2D eigenvalue weighted by Crippen LogP contribution is -2.65. The van der Waals surface area contributed by atoms with E-state index < -0.39 is 10.8 Å². The maximum absolute atomic E-state index is 12.2. The van der Waals surface area contributed by atoms with Crippen molar-refractivity contribution in [1.29, 1.82) is 0 Å². The number of guanidine groups is 1. The SMILES string of the molecule is CCN=C(NC1CCCC(S(=O)CC)C1)NC1CC(OCC)C12CCCC2.I. The normalized spacial score (nSPS) is 33.0. The van der Waals surface area contributed by atoms with Crippen LogP contribution in [0, 0.1) is 5.41 Å². The van der Waals surface area contributed by atoms with E-state index in [1.165, 1.54) is 25.7 Å². The molecule has 0 aromatic carbocycles. The summed E-state index contributed by atoms with van der Waals surface area (Å²) in [6.07, 6.45) is 11.1. The molecule has 0 bridgehead atoms. The summed E-state index contributed by atoms with van der Waals surface area (Å²) in [5, 5.41) is 7.79. The highest BCUT2D eigenvalue weighted by Crippen LogP contribution is 2.54. The van der Waals surface area contributed by atoms with Crippen LogP contribution in [0.2, 0.25) is 0 Å². The summed E-state index contributed by atoms with van der Waals surface area (Å²) in [4.78, 5) is 4.73. The van der Waals surface area contributed by atoms with Crippen LogP contribution in [-0.2, 0) is 15.5 Å². The molecule has 3 rings (SSSR count). The van der Waals surface area contributed by atoms with E-state index in [4.69, 9.17) is 9.73 Å². The predicted molar refractivity (Wildman–Crippen MR) is 129 cm³/mol. The number of rotatable bonds is 7. The second kappa shape index (κ2) is 11.5. The van der Waals surface area contributed by atoms with Crippen molar-refractivity contribution in [2.75, 3.05) is 18.9 Å². The molecule has 5 nitrogen and oxygen atoms in total. The molecule has 28 heavy (non-hydrogen) atoms. The topological polar surface area (TPSA) is 62.7 Å². The molecule has 0 aliphatic heterocycles. The average Bonchev–Trinajstić information content (AvgIpc) is 3.20. The maximum Gasteiger partial charge on any atom is 0.191 e. The molecule has 0 heterocycles. The minimum absolute atomic E-state index is 0. The van der Waals surface area contributed by atoms with Crippen LogP contribution in [0.4, 0.5) is 0 Å². The van der Waals surface area contributed by atoms with E-state index in [0.29, 0.717) is 28.9 Å². The maximum atomic E-state index is 12.2. The Hall–Kier alpha value is 0.110. The Balaban J connectivity index is 0.00000280. The first-order chi connectivity index (χ1) is 13.1. The molecular formula is C21H40IN3O2S. The molecule has 164 valence electrons. The van der Waals surface area contributed by atoms with Gasteiger partial charge in [0, 0.05) is 52.5 Å². The highest BCUT2D eigenvalue weighted by atomic mass is 127. The van der Waals surface area contributed by atoms with Crippen LogP contribution in [0.3, 0.4) is 0 Å². The highest BCUT2D eigenvalue weighted by Gasteiger charge is 2.57. The minimum Gasteiger partial charge on any atom is -0.378 e. The zero-order valence-corrected chi connectivity index (χ0v) is 21.0. The Morgan fingerprint density at radius 2 is 1.86 bits per heavy atom. The van der Waals surface area contributed by atoms with Crippen LogP contribution in [-0.4, -0.2) is 52.5 Å². The molecule has 3 saturated carbocycles. The van der Waals surface area contributed by atoms with Crippen LogP contribution >= 0.6 is 24.0 Å². The summed E-state index contributed by atoms with van der Waals surface area (Å²) in [7, 11) is -0.685. The average molecular weight is 526 g/mol. The predicted octanol–water partition coefficient (Wildman–Crippen LogP) is 3.98. The second-order valence-electron chi connectivity index (χ2n) is 8.44. The van der Waals surface area contributed by atoms with Crippen molar-refractivity contribution in [3.8, 4) is 0 Å². The van der Waals surface area contributed by atoms with Crippen molar-refractivity contribution in [3.05, 3.63) is 0 Å². The Bertz CT molecular complexity index is 540. The number of halogens is 1. The first-order valence-electron chi connectivity index (χ1n) is 11.2. The van der Waals surface area contributed by atoms with Gasteiger partial charge in [0.25, 0.3) is 0 Å². The molecule has 5 unspecified atom stereocenters.